The summed E-state index contributed by atoms with van der Waals surface area (Å²) in [6, 6.07) is 0. The van der Waals surface area contributed by atoms with Crippen LogP contribution in [-0.2, 0) is 9.59 Å². The van der Waals surface area contributed by atoms with Crippen molar-refractivity contribution in [1.82, 2.24) is 10.6 Å². The molecule has 0 bridgehead atoms. The van der Waals surface area contributed by atoms with Gasteiger partial charge in [0, 0.05) is 0 Å². The van der Waals surface area contributed by atoms with E-state index >= 15 is 0 Å². The van der Waals surface area contributed by atoms with Crippen molar-refractivity contribution < 1.29 is 9.59 Å². The standard InChI is InChI=1S/C8H12N2O2S.Na.H/c1-3-8(4-2)5(11)9-7(13)10-6(8)12;;/h3-4H2,1-2H3,(H2,9,10,11,12,13);;. The molecule has 1 rings (SSSR count). The molecule has 0 unspecified atom stereocenters. The molecule has 4 nitrogen and oxygen atoms in total. The molecule has 14 heavy (non-hydrogen) atoms. The number of thiocarbonyl (C=S) groups is 1. The van der Waals surface area contributed by atoms with Crippen molar-refractivity contribution in [3.05, 3.63) is 0 Å². The Bertz CT molecular complexity index is 255. The van der Waals surface area contributed by atoms with Crippen LogP contribution in [0.15, 0.2) is 0 Å². The number of amides is 2. The summed E-state index contributed by atoms with van der Waals surface area (Å²) in [6.45, 7) is 3.63. The van der Waals surface area contributed by atoms with Crippen molar-refractivity contribution in [2.45, 2.75) is 26.7 Å². The van der Waals surface area contributed by atoms with E-state index in [1.54, 1.807) is 0 Å². The number of hydrogen-bond donors (Lipinski definition) is 2. The molecule has 0 spiro atoms. The number of nitrogens with one attached hydrogen (secondary N) is 2. The van der Waals surface area contributed by atoms with E-state index in [0.717, 1.165) is 0 Å². The van der Waals surface area contributed by atoms with Gasteiger partial charge in [-0.25, -0.2) is 0 Å². The monoisotopic (exact) mass is 224 g/mol. The number of carbonyl (C=O) groups is 2. The Morgan fingerprint density at radius 3 is 1.79 bits per heavy atom. The van der Waals surface area contributed by atoms with Gasteiger partial charge in [0.25, 0.3) is 0 Å². The van der Waals surface area contributed by atoms with Crippen LogP contribution in [0.2, 0.25) is 0 Å². The average Bonchev–Trinajstić information content (AvgIpc) is 2.05. The van der Waals surface area contributed by atoms with Gasteiger partial charge in [0.15, 0.2) is 5.11 Å². The van der Waals surface area contributed by atoms with Gasteiger partial charge in [0.2, 0.25) is 11.8 Å². The van der Waals surface area contributed by atoms with Gasteiger partial charge in [0.1, 0.15) is 5.41 Å². The van der Waals surface area contributed by atoms with Crippen LogP contribution in [-0.4, -0.2) is 46.5 Å². The van der Waals surface area contributed by atoms with E-state index in [2.05, 4.69) is 10.6 Å². The first-order valence-electron chi connectivity index (χ1n) is 4.23. The molecule has 2 N–H and O–H groups in total. The molecular formula is C8H13N2NaO2S. The van der Waals surface area contributed by atoms with Gasteiger partial charge < -0.3 is 10.6 Å². The Labute approximate surface area is 110 Å². The summed E-state index contributed by atoms with van der Waals surface area (Å²) in [6.07, 6.45) is 0.980. The third kappa shape index (κ3) is 2.16. The Kier molecular flexibility index (Phi) is 5.22. The topological polar surface area (TPSA) is 58.2 Å². The molecule has 0 saturated carbocycles. The van der Waals surface area contributed by atoms with E-state index in [4.69, 9.17) is 12.2 Å². The first kappa shape index (κ1) is 14.0. The third-order valence-electron chi connectivity index (χ3n) is 2.53. The maximum absolute atomic E-state index is 11.5. The van der Waals surface area contributed by atoms with Crippen LogP contribution < -0.4 is 10.6 Å². The van der Waals surface area contributed by atoms with Crippen molar-refractivity contribution in [2.24, 2.45) is 5.41 Å². The summed E-state index contributed by atoms with van der Waals surface area (Å²) in [5.41, 5.74) is -0.928. The molecule has 1 heterocycles. The van der Waals surface area contributed by atoms with E-state index in [1.807, 2.05) is 13.8 Å². The fraction of sp³-hybridized carbons (Fsp3) is 0.625. The van der Waals surface area contributed by atoms with E-state index in [-0.39, 0.29) is 46.5 Å². The van der Waals surface area contributed by atoms with Gasteiger partial charge in [-0.3, -0.25) is 9.59 Å². The van der Waals surface area contributed by atoms with Crippen molar-refractivity contribution >= 4 is 58.7 Å². The van der Waals surface area contributed by atoms with Crippen LogP contribution in [0.25, 0.3) is 0 Å². The quantitative estimate of drug-likeness (QED) is 0.384. The summed E-state index contributed by atoms with van der Waals surface area (Å²) in [4.78, 5) is 23.1. The molecule has 2 amide bonds. The second-order valence-corrected chi connectivity index (χ2v) is 3.43. The summed E-state index contributed by atoms with van der Waals surface area (Å²) in [5, 5.41) is 5.03. The van der Waals surface area contributed by atoms with Crippen LogP contribution in [0.4, 0.5) is 0 Å². The normalized spacial score (nSPS) is 19.4. The fourth-order valence-electron chi connectivity index (χ4n) is 1.47. The molecule has 6 heteroatoms. The molecule has 1 fully saturated rings. The van der Waals surface area contributed by atoms with Gasteiger partial charge >= 0.3 is 29.6 Å². The molecule has 1 aliphatic rings. The molecular weight excluding hydrogens is 211 g/mol. The Morgan fingerprint density at radius 2 is 1.50 bits per heavy atom. The van der Waals surface area contributed by atoms with Crippen LogP contribution in [0.5, 0.6) is 0 Å². The van der Waals surface area contributed by atoms with Gasteiger partial charge in [-0.15, -0.1) is 0 Å². The van der Waals surface area contributed by atoms with E-state index < -0.39 is 5.41 Å². The van der Waals surface area contributed by atoms with Gasteiger partial charge in [-0.1, -0.05) is 13.8 Å². The number of carbonyl (C=O) groups excluding carboxylic acids is 2. The summed E-state index contributed by atoms with van der Waals surface area (Å²) in [5.74, 6) is -0.572. The summed E-state index contributed by atoms with van der Waals surface area (Å²) >= 11 is 4.69. The summed E-state index contributed by atoms with van der Waals surface area (Å²) in [7, 11) is 0. The molecule has 0 aliphatic carbocycles. The Balaban J connectivity index is 0.00000169. The molecule has 0 aromatic carbocycles. The molecule has 1 saturated heterocycles. The average molecular weight is 224 g/mol. The first-order chi connectivity index (χ1) is 6.06. The molecule has 0 radical (unpaired) electrons. The second kappa shape index (κ2) is 5.21. The first-order valence-corrected chi connectivity index (χ1v) is 4.64. The van der Waals surface area contributed by atoms with Crippen LogP contribution in [0.3, 0.4) is 0 Å². The van der Waals surface area contributed by atoms with Gasteiger partial charge in [0.05, 0.1) is 0 Å². The second-order valence-electron chi connectivity index (χ2n) is 3.03. The third-order valence-corrected chi connectivity index (χ3v) is 2.73. The van der Waals surface area contributed by atoms with Crippen LogP contribution >= 0.6 is 12.2 Å². The Hall–Kier alpha value is 0.0300. The van der Waals surface area contributed by atoms with Crippen molar-refractivity contribution in [1.29, 1.82) is 0 Å². The predicted octanol–water partition coefficient (Wildman–Crippen LogP) is -0.325. The minimum atomic E-state index is -0.928. The SMILES string of the molecule is CCC1(CC)C(=O)NC(=S)NC1=O.[NaH]. The van der Waals surface area contributed by atoms with E-state index in [0.29, 0.717) is 12.8 Å². The summed E-state index contributed by atoms with van der Waals surface area (Å²) < 4.78 is 0. The fourth-order valence-corrected chi connectivity index (χ4v) is 1.66. The van der Waals surface area contributed by atoms with E-state index in [1.165, 1.54) is 0 Å². The minimum absolute atomic E-state index is 0. The van der Waals surface area contributed by atoms with Crippen molar-refractivity contribution in [3.8, 4) is 0 Å². The van der Waals surface area contributed by atoms with E-state index in [9.17, 15) is 9.59 Å². The van der Waals surface area contributed by atoms with Crippen molar-refractivity contribution in [2.75, 3.05) is 0 Å². The molecule has 1 aliphatic heterocycles. The predicted molar refractivity (Wildman–Crippen MR) is 59.0 cm³/mol. The van der Waals surface area contributed by atoms with Gasteiger partial charge in [-0.2, -0.15) is 0 Å². The maximum atomic E-state index is 11.5. The van der Waals surface area contributed by atoms with Crippen LogP contribution in [0, 0.1) is 5.41 Å². The number of rotatable bonds is 2. The molecule has 0 atom stereocenters. The molecule has 0 aromatic heterocycles. The van der Waals surface area contributed by atoms with Crippen LogP contribution in [0.1, 0.15) is 26.7 Å². The molecule has 0 aromatic rings. The number of hydrogen-bond acceptors (Lipinski definition) is 3. The van der Waals surface area contributed by atoms with Gasteiger partial charge in [-0.05, 0) is 25.1 Å². The zero-order valence-corrected chi connectivity index (χ0v) is 8.46. The van der Waals surface area contributed by atoms with Crippen molar-refractivity contribution in [3.63, 3.8) is 0 Å². The Morgan fingerprint density at radius 1 is 1.14 bits per heavy atom. The zero-order valence-electron chi connectivity index (χ0n) is 7.64. The molecule has 74 valence electrons. The zero-order chi connectivity index (χ0) is 10.1.